The quantitative estimate of drug-likeness (QED) is 0.522. The first-order chi connectivity index (χ1) is 16.5. The van der Waals surface area contributed by atoms with Gasteiger partial charge in [0, 0.05) is 29.5 Å². The van der Waals surface area contributed by atoms with E-state index in [0.29, 0.717) is 23.4 Å². The molecule has 0 spiro atoms. The topological polar surface area (TPSA) is 87.7 Å². The maximum absolute atomic E-state index is 13.1. The first kappa shape index (κ1) is 23.0. The molecule has 7 nitrogen and oxygen atoms in total. The van der Waals surface area contributed by atoms with Crippen LogP contribution in [-0.4, -0.2) is 30.6 Å². The van der Waals surface area contributed by atoms with E-state index >= 15 is 0 Å². The van der Waals surface area contributed by atoms with Crippen molar-refractivity contribution in [3.63, 3.8) is 0 Å². The molecule has 1 atom stereocenters. The monoisotopic (exact) mass is 457 g/mol. The van der Waals surface area contributed by atoms with Gasteiger partial charge in [0.1, 0.15) is 0 Å². The Balaban J connectivity index is 1.42. The maximum atomic E-state index is 13.1. The predicted molar refractivity (Wildman–Crippen MR) is 131 cm³/mol. The Labute approximate surface area is 198 Å². The van der Waals surface area contributed by atoms with Crippen LogP contribution >= 0.6 is 0 Å². The van der Waals surface area contributed by atoms with E-state index in [-0.39, 0.29) is 18.6 Å². The molecular formula is C27H27N3O4. The standard InChI is InChI=1S/C27H27N3O4/c1-3-34-26(32)22-10-7-11-23(16-22)29-27(33)28-17-19-12-13-21-14-18(2)30(24(21)15-19)25(31)20-8-5-4-6-9-20/h4-13,15-16,18H,3,14,17H2,1-2H3,(H2,28,29,33)/t18-/m0/s1. The molecule has 3 aromatic carbocycles. The number of nitrogens with one attached hydrogen (secondary N) is 2. The lowest BCUT2D eigenvalue weighted by Crippen LogP contribution is -2.35. The first-order valence-electron chi connectivity index (χ1n) is 11.3. The van der Waals surface area contributed by atoms with Gasteiger partial charge in [-0.1, -0.05) is 36.4 Å². The molecule has 0 saturated heterocycles. The van der Waals surface area contributed by atoms with E-state index in [4.69, 9.17) is 4.74 Å². The smallest absolute Gasteiger partial charge is 0.338 e. The fourth-order valence-corrected chi connectivity index (χ4v) is 4.09. The highest BCUT2D eigenvalue weighted by molar-refractivity contribution is 6.07. The summed E-state index contributed by atoms with van der Waals surface area (Å²) in [7, 11) is 0. The molecule has 4 rings (SSSR count). The van der Waals surface area contributed by atoms with Crippen molar-refractivity contribution in [3.8, 4) is 0 Å². The van der Waals surface area contributed by atoms with E-state index < -0.39 is 12.0 Å². The van der Waals surface area contributed by atoms with Crippen LogP contribution in [0.1, 0.15) is 45.7 Å². The number of ether oxygens (including phenoxy) is 1. The van der Waals surface area contributed by atoms with E-state index in [1.54, 1.807) is 31.2 Å². The molecule has 1 aliphatic rings. The van der Waals surface area contributed by atoms with Crippen LogP contribution in [0.15, 0.2) is 72.8 Å². The lowest BCUT2D eigenvalue weighted by molar-refractivity contribution is 0.0526. The van der Waals surface area contributed by atoms with Crippen LogP contribution in [-0.2, 0) is 17.7 Å². The summed E-state index contributed by atoms with van der Waals surface area (Å²) in [6.45, 7) is 4.35. The van der Waals surface area contributed by atoms with Crippen molar-refractivity contribution in [2.24, 2.45) is 0 Å². The molecule has 0 aromatic heterocycles. The van der Waals surface area contributed by atoms with Crippen molar-refractivity contribution in [1.29, 1.82) is 0 Å². The van der Waals surface area contributed by atoms with Gasteiger partial charge >= 0.3 is 12.0 Å². The summed E-state index contributed by atoms with van der Waals surface area (Å²) in [6.07, 6.45) is 0.791. The van der Waals surface area contributed by atoms with Gasteiger partial charge in [0.25, 0.3) is 5.91 Å². The molecule has 3 aromatic rings. The van der Waals surface area contributed by atoms with E-state index in [1.165, 1.54) is 0 Å². The van der Waals surface area contributed by atoms with Gasteiger partial charge < -0.3 is 20.3 Å². The Morgan fingerprint density at radius 3 is 2.50 bits per heavy atom. The summed E-state index contributed by atoms with van der Waals surface area (Å²) in [4.78, 5) is 39.3. The Kier molecular flexibility index (Phi) is 6.92. The summed E-state index contributed by atoms with van der Waals surface area (Å²) >= 11 is 0. The number of benzene rings is 3. The number of hydrogen-bond acceptors (Lipinski definition) is 4. The van der Waals surface area contributed by atoms with Gasteiger partial charge in [-0.25, -0.2) is 9.59 Å². The molecule has 2 N–H and O–H groups in total. The molecule has 0 radical (unpaired) electrons. The lowest BCUT2D eigenvalue weighted by Gasteiger charge is -2.23. The van der Waals surface area contributed by atoms with Crippen molar-refractivity contribution < 1.29 is 19.1 Å². The van der Waals surface area contributed by atoms with E-state index in [9.17, 15) is 14.4 Å². The minimum absolute atomic E-state index is 0.0313. The summed E-state index contributed by atoms with van der Waals surface area (Å²) in [5, 5.41) is 5.56. The van der Waals surface area contributed by atoms with Crippen LogP contribution in [0, 0.1) is 0 Å². The molecule has 0 aliphatic carbocycles. The van der Waals surface area contributed by atoms with Crippen LogP contribution in [0.25, 0.3) is 0 Å². The Hall–Kier alpha value is -4.13. The zero-order valence-electron chi connectivity index (χ0n) is 19.2. The maximum Gasteiger partial charge on any atom is 0.338 e. The molecule has 0 bridgehead atoms. The number of amides is 3. The van der Waals surface area contributed by atoms with Crippen molar-refractivity contribution >= 4 is 29.3 Å². The molecule has 1 heterocycles. The zero-order valence-corrected chi connectivity index (χ0v) is 19.2. The average molecular weight is 458 g/mol. The predicted octanol–water partition coefficient (Wildman–Crippen LogP) is 4.78. The second-order valence-electron chi connectivity index (χ2n) is 8.17. The van der Waals surface area contributed by atoms with Crippen LogP contribution < -0.4 is 15.5 Å². The number of fused-ring (bicyclic) bond motifs is 1. The van der Waals surface area contributed by atoms with Crippen LogP contribution in [0.2, 0.25) is 0 Å². The Morgan fingerprint density at radius 2 is 1.74 bits per heavy atom. The number of hydrogen-bond donors (Lipinski definition) is 2. The van der Waals surface area contributed by atoms with Crippen molar-refractivity contribution in [1.82, 2.24) is 5.32 Å². The minimum atomic E-state index is -0.437. The number of carbonyl (C=O) groups excluding carboxylic acids is 3. The molecular weight excluding hydrogens is 430 g/mol. The fraction of sp³-hybridized carbons (Fsp3) is 0.222. The summed E-state index contributed by atoms with van der Waals surface area (Å²) in [6, 6.07) is 21.4. The van der Waals surface area contributed by atoms with Gasteiger partial charge in [-0.3, -0.25) is 4.79 Å². The van der Waals surface area contributed by atoms with E-state index in [1.807, 2.05) is 60.4 Å². The third-order valence-electron chi connectivity index (χ3n) is 5.69. The van der Waals surface area contributed by atoms with Crippen LogP contribution in [0.5, 0.6) is 0 Å². The number of rotatable bonds is 6. The van der Waals surface area contributed by atoms with Crippen molar-refractivity contribution in [2.75, 3.05) is 16.8 Å². The SMILES string of the molecule is CCOC(=O)c1cccc(NC(=O)NCc2ccc3c(c2)N(C(=O)c2ccccc2)[C@@H](C)C3)c1. The zero-order chi connectivity index (χ0) is 24.1. The molecule has 0 unspecified atom stereocenters. The number of anilines is 2. The third-order valence-corrected chi connectivity index (χ3v) is 5.69. The van der Waals surface area contributed by atoms with Gasteiger partial charge in [0.05, 0.1) is 12.2 Å². The number of urea groups is 1. The van der Waals surface area contributed by atoms with Gasteiger partial charge in [-0.05, 0) is 67.8 Å². The summed E-state index contributed by atoms with van der Waals surface area (Å²) in [5.74, 6) is -0.468. The molecule has 1 aliphatic heterocycles. The minimum Gasteiger partial charge on any atom is -0.462 e. The Bertz CT molecular complexity index is 1210. The molecule has 0 saturated carbocycles. The number of nitrogens with zero attached hydrogens (tertiary/aromatic N) is 1. The van der Waals surface area contributed by atoms with Crippen LogP contribution in [0.3, 0.4) is 0 Å². The number of carbonyl (C=O) groups is 3. The van der Waals surface area contributed by atoms with E-state index in [0.717, 1.165) is 23.2 Å². The van der Waals surface area contributed by atoms with Crippen LogP contribution in [0.4, 0.5) is 16.2 Å². The highest BCUT2D eigenvalue weighted by atomic mass is 16.5. The molecule has 34 heavy (non-hydrogen) atoms. The third kappa shape index (κ3) is 5.09. The summed E-state index contributed by atoms with van der Waals surface area (Å²) in [5.41, 5.74) is 4.38. The normalized spacial score (nSPS) is 14.3. The molecule has 3 amide bonds. The fourth-order valence-electron chi connectivity index (χ4n) is 4.09. The van der Waals surface area contributed by atoms with E-state index in [2.05, 4.69) is 10.6 Å². The van der Waals surface area contributed by atoms with Crippen molar-refractivity contribution in [3.05, 3.63) is 95.1 Å². The molecule has 7 heteroatoms. The number of esters is 1. The van der Waals surface area contributed by atoms with Gasteiger partial charge in [-0.15, -0.1) is 0 Å². The molecule has 174 valence electrons. The van der Waals surface area contributed by atoms with Crippen molar-refractivity contribution in [2.45, 2.75) is 32.9 Å². The molecule has 0 fully saturated rings. The second kappa shape index (κ2) is 10.2. The first-order valence-corrected chi connectivity index (χ1v) is 11.3. The van der Waals surface area contributed by atoms with Gasteiger partial charge in [0.2, 0.25) is 0 Å². The highest BCUT2D eigenvalue weighted by Crippen LogP contribution is 2.34. The second-order valence-corrected chi connectivity index (χ2v) is 8.17. The highest BCUT2D eigenvalue weighted by Gasteiger charge is 2.31. The Morgan fingerprint density at radius 1 is 0.971 bits per heavy atom. The van der Waals surface area contributed by atoms with Gasteiger partial charge in [-0.2, -0.15) is 0 Å². The van der Waals surface area contributed by atoms with Gasteiger partial charge in [0.15, 0.2) is 0 Å². The summed E-state index contributed by atoms with van der Waals surface area (Å²) < 4.78 is 5.00. The largest absolute Gasteiger partial charge is 0.462 e. The lowest BCUT2D eigenvalue weighted by atomic mass is 10.1. The average Bonchev–Trinajstić information content (AvgIpc) is 3.18.